The number of aliphatic carboxylic acids is 1. The molecular weight excluding hydrogens is 222 g/mol. The molecule has 0 aromatic carbocycles. The van der Waals surface area contributed by atoms with Crippen LogP contribution in [0.5, 0.6) is 0 Å². The van der Waals surface area contributed by atoms with Gasteiger partial charge in [-0.2, -0.15) is 0 Å². The van der Waals surface area contributed by atoms with Gasteiger partial charge in [-0.05, 0) is 36.4 Å². The molecular formula is C10H11N5O2. The average Bonchev–Trinajstić information content (AvgIpc) is 2.65. The third-order valence-corrected chi connectivity index (χ3v) is 2.28. The molecule has 2 rings (SSSR count). The van der Waals surface area contributed by atoms with Crippen molar-refractivity contribution in [3.8, 4) is 11.4 Å². The molecule has 2 aromatic heterocycles. The summed E-state index contributed by atoms with van der Waals surface area (Å²) < 4.78 is 1.24. The van der Waals surface area contributed by atoms with Crippen LogP contribution in [0.25, 0.3) is 11.4 Å². The van der Waals surface area contributed by atoms with E-state index in [-0.39, 0.29) is 6.54 Å². The normalized spacial score (nSPS) is 10.5. The number of hydrogen-bond acceptors (Lipinski definition) is 5. The number of pyridine rings is 1. The fourth-order valence-corrected chi connectivity index (χ4v) is 1.56. The van der Waals surface area contributed by atoms with Crippen molar-refractivity contribution < 1.29 is 9.90 Å². The maximum atomic E-state index is 10.7. The Morgan fingerprint density at radius 2 is 2.18 bits per heavy atom. The minimum absolute atomic E-state index is 0.268. The second-order valence-electron chi connectivity index (χ2n) is 3.64. The molecule has 7 nitrogen and oxygen atoms in total. The van der Waals surface area contributed by atoms with E-state index in [4.69, 9.17) is 5.11 Å². The first-order valence-electron chi connectivity index (χ1n) is 5.00. The molecule has 0 aliphatic heterocycles. The van der Waals surface area contributed by atoms with Crippen LogP contribution in [0.3, 0.4) is 0 Å². The number of tetrazole rings is 1. The number of carbonyl (C=O) groups is 1. The van der Waals surface area contributed by atoms with Crippen molar-refractivity contribution in [2.24, 2.45) is 0 Å². The van der Waals surface area contributed by atoms with Crippen molar-refractivity contribution in [1.82, 2.24) is 25.2 Å². The van der Waals surface area contributed by atoms with Gasteiger partial charge in [0, 0.05) is 17.0 Å². The number of rotatable bonds is 3. The Morgan fingerprint density at radius 3 is 2.82 bits per heavy atom. The smallest absolute Gasteiger partial charge is 0.325 e. The molecule has 0 saturated heterocycles. The zero-order chi connectivity index (χ0) is 12.4. The van der Waals surface area contributed by atoms with Gasteiger partial charge >= 0.3 is 5.97 Å². The number of carboxylic acid groups (broad SMARTS) is 1. The van der Waals surface area contributed by atoms with Crippen LogP contribution in [0.4, 0.5) is 0 Å². The van der Waals surface area contributed by atoms with Crippen LogP contribution in [-0.4, -0.2) is 36.3 Å². The van der Waals surface area contributed by atoms with Crippen LogP contribution < -0.4 is 0 Å². The van der Waals surface area contributed by atoms with Crippen LogP contribution >= 0.6 is 0 Å². The highest BCUT2D eigenvalue weighted by Crippen LogP contribution is 2.19. The van der Waals surface area contributed by atoms with E-state index in [1.165, 1.54) is 4.68 Å². The van der Waals surface area contributed by atoms with Crippen LogP contribution in [0, 0.1) is 13.8 Å². The molecule has 17 heavy (non-hydrogen) atoms. The zero-order valence-electron chi connectivity index (χ0n) is 9.45. The van der Waals surface area contributed by atoms with Crippen molar-refractivity contribution in [2.45, 2.75) is 20.4 Å². The second-order valence-corrected chi connectivity index (χ2v) is 3.64. The minimum atomic E-state index is -0.990. The lowest BCUT2D eigenvalue weighted by Crippen LogP contribution is -2.12. The third kappa shape index (κ3) is 2.27. The van der Waals surface area contributed by atoms with Crippen molar-refractivity contribution in [1.29, 1.82) is 0 Å². The van der Waals surface area contributed by atoms with E-state index in [1.54, 1.807) is 0 Å². The molecule has 7 heteroatoms. The van der Waals surface area contributed by atoms with Gasteiger partial charge in [-0.3, -0.25) is 9.78 Å². The molecule has 0 saturated carbocycles. The highest BCUT2D eigenvalue weighted by Gasteiger charge is 2.14. The number of nitrogens with zero attached hydrogens (tertiary/aromatic N) is 5. The lowest BCUT2D eigenvalue weighted by atomic mass is 10.2. The van der Waals surface area contributed by atoms with E-state index >= 15 is 0 Å². The minimum Gasteiger partial charge on any atom is -0.480 e. The Labute approximate surface area is 97.1 Å². The molecule has 2 heterocycles. The predicted octanol–water partition coefficient (Wildman–Crippen LogP) is 0.437. The van der Waals surface area contributed by atoms with E-state index in [1.807, 2.05) is 26.0 Å². The highest BCUT2D eigenvalue weighted by molar-refractivity contribution is 5.68. The van der Waals surface area contributed by atoms with Gasteiger partial charge in [-0.15, -0.1) is 5.10 Å². The maximum absolute atomic E-state index is 10.7. The van der Waals surface area contributed by atoms with Crippen molar-refractivity contribution >= 4 is 5.97 Å². The Hall–Kier alpha value is -2.31. The summed E-state index contributed by atoms with van der Waals surface area (Å²) in [4.78, 5) is 15.0. The topological polar surface area (TPSA) is 93.8 Å². The van der Waals surface area contributed by atoms with Gasteiger partial charge in [0.05, 0.1) is 0 Å². The molecule has 0 aliphatic rings. The summed E-state index contributed by atoms with van der Waals surface area (Å²) in [5.41, 5.74) is 2.40. The maximum Gasteiger partial charge on any atom is 0.325 e. The Morgan fingerprint density at radius 1 is 1.41 bits per heavy atom. The molecule has 2 aromatic rings. The number of hydrogen-bond donors (Lipinski definition) is 1. The van der Waals surface area contributed by atoms with Gasteiger partial charge in [0.15, 0.2) is 5.82 Å². The quantitative estimate of drug-likeness (QED) is 0.826. The van der Waals surface area contributed by atoms with Crippen molar-refractivity contribution in [3.05, 3.63) is 23.5 Å². The van der Waals surface area contributed by atoms with Gasteiger partial charge in [-0.25, -0.2) is 4.68 Å². The molecule has 0 spiro atoms. The highest BCUT2D eigenvalue weighted by atomic mass is 16.4. The Kier molecular flexibility index (Phi) is 2.82. The molecule has 0 atom stereocenters. The lowest BCUT2D eigenvalue weighted by molar-refractivity contribution is -0.137. The van der Waals surface area contributed by atoms with Gasteiger partial charge in [0.1, 0.15) is 6.54 Å². The largest absolute Gasteiger partial charge is 0.480 e. The fourth-order valence-electron chi connectivity index (χ4n) is 1.56. The van der Waals surface area contributed by atoms with E-state index in [2.05, 4.69) is 20.5 Å². The molecule has 0 unspecified atom stereocenters. The monoisotopic (exact) mass is 233 g/mol. The van der Waals surface area contributed by atoms with Gasteiger partial charge in [-0.1, -0.05) is 0 Å². The first kappa shape index (κ1) is 11.2. The predicted molar refractivity (Wildman–Crippen MR) is 58.2 cm³/mol. The fraction of sp³-hybridized carbons (Fsp3) is 0.300. The Balaban J connectivity index is 2.46. The summed E-state index contributed by atoms with van der Waals surface area (Å²) in [5, 5.41) is 19.7. The number of carboxylic acids is 1. The molecule has 0 amide bonds. The van der Waals surface area contributed by atoms with E-state index < -0.39 is 5.97 Å². The molecule has 0 aliphatic carbocycles. The van der Waals surface area contributed by atoms with Gasteiger partial charge < -0.3 is 5.11 Å². The van der Waals surface area contributed by atoms with Crippen molar-refractivity contribution in [3.63, 3.8) is 0 Å². The summed E-state index contributed by atoms with van der Waals surface area (Å²) in [6, 6.07) is 3.67. The summed E-state index contributed by atoms with van der Waals surface area (Å²) >= 11 is 0. The molecule has 88 valence electrons. The van der Waals surface area contributed by atoms with Crippen LogP contribution in [0.1, 0.15) is 11.4 Å². The van der Waals surface area contributed by atoms with Crippen LogP contribution in [0.2, 0.25) is 0 Å². The van der Waals surface area contributed by atoms with E-state index in [9.17, 15) is 4.79 Å². The SMILES string of the molecule is Cc1ccc(-c2nnnn2CC(=O)O)c(C)n1. The van der Waals surface area contributed by atoms with Crippen molar-refractivity contribution in [2.75, 3.05) is 0 Å². The summed E-state index contributed by atoms with van der Waals surface area (Å²) in [7, 11) is 0. The first-order valence-corrected chi connectivity index (χ1v) is 5.00. The molecule has 0 radical (unpaired) electrons. The average molecular weight is 233 g/mol. The Bertz CT molecular complexity index is 564. The second kappa shape index (κ2) is 4.28. The number of aromatic nitrogens is 5. The molecule has 0 bridgehead atoms. The molecule has 1 N–H and O–H groups in total. The summed E-state index contributed by atoms with van der Waals surface area (Å²) in [6.45, 7) is 3.45. The number of aryl methyl sites for hydroxylation is 2. The van der Waals surface area contributed by atoms with Gasteiger partial charge in [0.2, 0.25) is 0 Å². The lowest BCUT2D eigenvalue weighted by Gasteiger charge is -2.05. The summed E-state index contributed by atoms with van der Waals surface area (Å²) in [6.07, 6.45) is 0. The third-order valence-electron chi connectivity index (χ3n) is 2.28. The van der Waals surface area contributed by atoms with Crippen LogP contribution in [-0.2, 0) is 11.3 Å². The van der Waals surface area contributed by atoms with Crippen LogP contribution in [0.15, 0.2) is 12.1 Å². The first-order chi connectivity index (χ1) is 8.08. The van der Waals surface area contributed by atoms with Gasteiger partial charge in [0.25, 0.3) is 0 Å². The van der Waals surface area contributed by atoms with E-state index in [0.717, 1.165) is 17.0 Å². The summed E-state index contributed by atoms with van der Waals surface area (Å²) in [5.74, 6) is -0.575. The molecule has 0 fully saturated rings. The zero-order valence-corrected chi connectivity index (χ0v) is 9.45. The van der Waals surface area contributed by atoms with E-state index in [0.29, 0.717) is 5.82 Å². The standard InChI is InChI=1S/C10H11N5O2/c1-6-3-4-8(7(2)11-6)10-12-13-14-15(10)5-9(16)17/h3-4H,5H2,1-2H3,(H,16,17).